The van der Waals surface area contributed by atoms with Crippen LogP contribution in [0.5, 0.6) is 0 Å². The fourth-order valence-corrected chi connectivity index (χ4v) is 3.51. The van der Waals surface area contributed by atoms with Crippen LogP contribution in [0.1, 0.15) is 39.0 Å². The van der Waals surface area contributed by atoms with Crippen molar-refractivity contribution >= 4 is 5.91 Å². The Bertz CT molecular complexity index is 282. The van der Waals surface area contributed by atoms with E-state index in [-0.39, 0.29) is 12.5 Å². The molecule has 4 nitrogen and oxygen atoms in total. The first-order valence-electron chi connectivity index (χ1n) is 7.12. The van der Waals surface area contributed by atoms with Crippen molar-refractivity contribution in [2.75, 3.05) is 26.9 Å². The molecule has 0 aromatic rings. The van der Waals surface area contributed by atoms with Gasteiger partial charge in [-0.2, -0.15) is 0 Å². The maximum Gasteiger partial charge on any atom is 0.249 e. The lowest BCUT2D eigenvalue weighted by atomic mass is 9.85. The number of carbonyl (C=O) groups is 1. The summed E-state index contributed by atoms with van der Waals surface area (Å²) in [6, 6.07) is 0.865. The van der Waals surface area contributed by atoms with Crippen molar-refractivity contribution in [3.05, 3.63) is 0 Å². The van der Waals surface area contributed by atoms with Crippen LogP contribution in [-0.4, -0.2) is 49.8 Å². The Morgan fingerprint density at radius 1 is 1.28 bits per heavy atom. The molecule has 0 aromatic heterocycles. The lowest BCUT2D eigenvalue weighted by Crippen LogP contribution is -2.44. The Balaban J connectivity index is 1.84. The minimum atomic E-state index is 0.160. The number of fused-ring (bicyclic) bond motifs is 1. The monoisotopic (exact) mass is 255 g/mol. The van der Waals surface area contributed by atoms with E-state index in [9.17, 15) is 4.79 Å². The molecule has 1 aliphatic heterocycles. The quantitative estimate of drug-likeness (QED) is 0.704. The Labute approximate surface area is 110 Å². The van der Waals surface area contributed by atoms with Crippen molar-refractivity contribution in [1.29, 1.82) is 0 Å². The summed E-state index contributed by atoms with van der Waals surface area (Å²) in [6.45, 7) is 3.43. The van der Waals surface area contributed by atoms with Gasteiger partial charge in [0.1, 0.15) is 6.61 Å². The van der Waals surface area contributed by atoms with Crippen LogP contribution in [0.2, 0.25) is 0 Å². The number of carbonyl (C=O) groups excluding carboxylic acids is 1. The molecule has 1 saturated carbocycles. The van der Waals surface area contributed by atoms with Gasteiger partial charge in [-0.1, -0.05) is 12.8 Å². The van der Waals surface area contributed by atoms with Crippen LogP contribution in [-0.2, 0) is 14.3 Å². The van der Waals surface area contributed by atoms with E-state index in [1.807, 2.05) is 0 Å². The molecule has 1 heterocycles. The average Bonchev–Trinajstić information content (AvgIpc) is 2.70. The Kier molecular flexibility index (Phi) is 5.01. The third-order valence-electron chi connectivity index (χ3n) is 4.29. The number of rotatable bonds is 5. The van der Waals surface area contributed by atoms with Crippen LogP contribution in [0.4, 0.5) is 0 Å². The second kappa shape index (κ2) is 6.53. The first kappa shape index (κ1) is 13.8. The third kappa shape index (κ3) is 3.04. The van der Waals surface area contributed by atoms with E-state index in [0.717, 1.165) is 5.92 Å². The van der Waals surface area contributed by atoms with Crippen molar-refractivity contribution in [1.82, 2.24) is 4.90 Å². The number of hydrogen-bond donors (Lipinski definition) is 0. The molecular formula is C14H25NO3. The van der Waals surface area contributed by atoms with E-state index in [4.69, 9.17) is 9.47 Å². The van der Waals surface area contributed by atoms with Crippen LogP contribution in [0.15, 0.2) is 0 Å². The van der Waals surface area contributed by atoms with Crippen molar-refractivity contribution in [2.24, 2.45) is 5.92 Å². The van der Waals surface area contributed by atoms with Crippen molar-refractivity contribution in [2.45, 2.75) is 51.1 Å². The maximum absolute atomic E-state index is 12.2. The van der Waals surface area contributed by atoms with E-state index in [1.165, 1.54) is 32.1 Å². The van der Waals surface area contributed by atoms with E-state index in [2.05, 4.69) is 11.8 Å². The summed E-state index contributed by atoms with van der Waals surface area (Å²) in [7, 11) is 1.64. The largest absolute Gasteiger partial charge is 0.382 e. The minimum Gasteiger partial charge on any atom is -0.382 e. The van der Waals surface area contributed by atoms with Gasteiger partial charge in [0.25, 0.3) is 0 Å². The highest BCUT2D eigenvalue weighted by Crippen LogP contribution is 2.39. The number of nitrogens with zero attached hydrogens (tertiary/aromatic N) is 1. The summed E-state index contributed by atoms with van der Waals surface area (Å²) in [5.74, 6) is 0.893. The SMILES string of the molecule is COCCOCC(=O)N1[C@H](C)C[C@H]2CCCC[C@@H]21. The normalized spacial score (nSPS) is 31.4. The molecule has 0 spiro atoms. The lowest BCUT2D eigenvalue weighted by molar-refractivity contribution is -0.140. The summed E-state index contributed by atoms with van der Waals surface area (Å²) < 4.78 is 10.3. The van der Waals surface area contributed by atoms with Gasteiger partial charge in [0.15, 0.2) is 0 Å². The first-order chi connectivity index (χ1) is 8.74. The zero-order valence-electron chi connectivity index (χ0n) is 11.6. The highest BCUT2D eigenvalue weighted by molar-refractivity contribution is 5.78. The smallest absolute Gasteiger partial charge is 0.249 e. The van der Waals surface area contributed by atoms with Crippen molar-refractivity contribution in [3.8, 4) is 0 Å². The molecule has 1 saturated heterocycles. The van der Waals surface area contributed by atoms with Crippen LogP contribution >= 0.6 is 0 Å². The molecule has 2 aliphatic rings. The molecule has 104 valence electrons. The second-order valence-corrected chi connectivity index (χ2v) is 5.54. The molecule has 0 aromatic carbocycles. The van der Waals surface area contributed by atoms with Gasteiger partial charge in [0.2, 0.25) is 5.91 Å². The molecule has 1 aliphatic carbocycles. The number of methoxy groups -OCH3 is 1. The minimum absolute atomic E-state index is 0.160. The second-order valence-electron chi connectivity index (χ2n) is 5.54. The van der Waals surface area contributed by atoms with Crippen molar-refractivity contribution < 1.29 is 14.3 Å². The number of hydrogen-bond acceptors (Lipinski definition) is 3. The molecular weight excluding hydrogens is 230 g/mol. The zero-order valence-corrected chi connectivity index (χ0v) is 11.6. The lowest BCUT2D eigenvalue weighted by Gasteiger charge is -2.33. The van der Waals surface area contributed by atoms with Crippen LogP contribution < -0.4 is 0 Å². The van der Waals surface area contributed by atoms with Gasteiger partial charge in [-0.25, -0.2) is 0 Å². The average molecular weight is 255 g/mol. The van der Waals surface area contributed by atoms with Gasteiger partial charge in [0.05, 0.1) is 13.2 Å². The molecule has 2 fully saturated rings. The van der Waals surface area contributed by atoms with E-state index >= 15 is 0 Å². The Morgan fingerprint density at radius 2 is 2.06 bits per heavy atom. The topological polar surface area (TPSA) is 38.8 Å². The highest BCUT2D eigenvalue weighted by Gasteiger charge is 2.42. The van der Waals surface area contributed by atoms with Crippen LogP contribution in [0.3, 0.4) is 0 Å². The van der Waals surface area contributed by atoms with E-state index in [0.29, 0.717) is 25.3 Å². The molecule has 4 heteroatoms. The zero-order chi connectivity index (χ0) is 13.0. The summed E-state index contributed by atoms with van der Waals surface area (Å²) in [5, 5.41) is 0. The van der Waals surface area contributed by atoms with Gasteiger partial charge in [-0.3, -0.25) is 4.79 Å². The fourth-order valence-electron chi connectivity index (χ4n) is 3.51. The number of ether oxygens (including phenoxy) is 2. The maximum atomic E-state index is 12.2. The van der Waals surface area contributed by atoms with Crippen LogP contribution in [0.25, 0.3) is 0 Å². The van der Waals surface area contributed by atoms with E-state index in [1.54, 1.807) is 7.11 Å². The highest BCUT2D eigenvalue weighted by atomic mass is 16.5. The number of likely N-dealkylation sites (tertiary alicyclic amines) is 1. The molecule has 0 radical (unpaired) electrons. The molecule has 0 unspecified atom stereocenters. The summed E-state index contributed by atoms with van der Waals surface area (Å²) in [4.78, 5) is 14.3. The molecule has 18 heavy (non-hydrogen) atoms. The Morgan fingerprint density at radius 3 is 2.83 bits per heavy atom. The Hall–Kier alpha value is -0.610. The van der Waals surface area contributed by atoms with Crippen LogP contribution in [0, 0.1) is 5.92 Å². The summed E-state index contributed by atoms with van der Waals surface area (Å²) in [6.07, 6.45) is 6.25. The first-order valence-corrected chi connectivity index (χ1v) is 7.12. The predicted octanol–water partition coefficient (Wildman–Crippen LogP) is 1.83. The van der Waals surface area contributed by atoms with Crippen molar-refractivity contribution in [3.63, 3.8) is 0 Å². The van der Waals surface area contributed by atoms with Gasteiger partial charge in [-0.15, -0.1) is 0 Å². The summed E-state index contributed by atoms with van der Waals surface area (Å²) >= 11 is 0. The molecule has 0 N–H and O–H groups in total. The van der Waals surface area contributed by atoms with Gasteiger partial charge >= 0.3 is 0 Å². The third-order valence-corrected chi connectivity index (χ3v) is 4.29. The molecule has 3 atom stereocenters. The predicted molar refractivity (Wildman–Crippen MR) is 69.4 cm³/mol. The fraction of sp³-hybridized carbons (Fsp3) is 0.929. The molecule has 2 rings (SSSR count). The van der Waals surface area contributed by atoms with Gasteiger partial charge in [0, 0.05) is 19.2 Å². The summed E-state index contributed by atoms with van der Waals surface area (Å²) in [5.41, 5.74) is 0. The molecule has 1 amide bonds. The van der Waals surface area contributed by atoms with E-state index < -0.39 is 0 Å². The number of amides is 1. The van der Waals surface area contributed by atoms with Gasteiger partial charge < -0.3 is 14.4 Å². The standard InChI is InChI=1S/C14H25NO3/c1-11-9-12-5-3-4-6-13(12)15(11)14(16)10-18-8-7-17-2/h11-13H,3-10H2,1-2H3/t11-,12-,13+/m1/s1. The molecule has 0 bridgehead atoms. The van der Waals surface area contributed by atoms with Gasteiger partial charge in [-0.05, 0) is 32.1 Å².